The zero-order valence-electron chi connectivity index (χ0n) is 10.8. The number of hydrogen-bond donors (Lipinski definition) is 2. The molecule has 1 aromatic heterocycles. The standard InChI is InChI=1S/C12H12N4OS3/c1-13-9-7-4-3-6(5-8(7)14-10(9)17)19-12-16-15-11(18-2)20-12/h3-5,9,13H,1-2H3,(H,14,17). The summed E-state index contributed by atoms with van der Waals surface area (Å²) in [5, 5.41) is 14.1. The molecule has 104 valence electrons. The normalized spacial score (nSPS) is 17.1. The van der Waals surface area contributed by atoms with Crippen LogP contribution in [0.4, 0.5) is 5.69 Å². The van der Waals surface area contributed by atoms with Crippen LogP contribution in [0.15, 0.2) is 31.8 Å². The number of thioether (sulfide) groups is 1. The molecule has 8 heteroatoms. The Morgan fingerprint density at radius 2 is 2.15 bits per heavy atom. The quantitative estimate of drug-likeness (QED) is 0.843. The summed E-state index contributed by atoms with van der Waals surface area (Å²) in [6, 6.07) is 5.71. The van der Waals surface area contributed by atoms with Gasteiger partial charge in [0.25, 0.3) is 0 Å². The number of carbonyl (C=O) groups excluding carboxylic acids is 1. The highest BCUT2D eigenvalue weighted by molar-refractivity contribution is 8.03. The summed E-state index contributed by atoms with van der Waals surface area (Å²) in [5.74, 6) is -0.00904. The van der Waals surface area contributed by atoms with Crippen LogP contribution >= 0.6 is 34.9 Å². The molecule has 0 saturated carbocycles. The number of carbonyl (C=O) groups is 1. The lowest BCUT2D eigenvalue weighted by atomic mass is 10.1. The Hall–Kier alpha value is -1.09. The van der Waals surface area contributed by atoms with E-state index in [0.29, 0.717) is 0 Å². The molecule has 3 rings (SSSR count). The van der Waals surface area contributed by atoms with Gasteiger partial charge in [-0.1, -0.05) is 40.9 Å². The Balaban J connectivity index is 1.83. The summed E-state index contributed by atoms with van der Waals surface area (Å²) in [5.41, 5.74) is 1.86. The molecule has 0 aliphatic carbocycles. The molecule has 1 aliphatic rings. The van der Waals surface area contributed by atoms with Crippen LogP contribution in [0.3, 0.4) is 0 Å². The molecule has 2 N–H and O–H groups in total. The van der Waals surface area contributed by atoms with Gasteiger partial charge >= 0.3 is 0 Å². The van der Waals surface area contributed by atoms with Gasteiger partial charge in [0.15, 0.2) is 8.68 Å². The molecule has 1 aliphatic heterocycles. The van der Waals surface area contributed by atoms with Gasteiger partial charge in [-0.3, -0.25) is 4.79 Å². The maximum atomic E-state index is 11.8. The molecule has 1 atom stereocenters. The fourth-order valence-corrected chi connectivity index (χ4v) is 4.47. The predicted molar refractivity (Wildman–Crippen MR) is 82.7 cm³/mol. The van der Waals surface area contributed by atoms with E-state index in [2.05, 4.69) is 20.8 Å². The SMILES string of the molecule is CNC1C(=O)Nc2cc(Sc3nnc(SC)s3)ccc21. The zero-order chi connectivity index (χ0) is 14.1. The third kappa shape index (κ3) is 2.56. The van der Waals surface area contributed by atoms with E-state index in [1.807, 2.05) is 24.5 Å². The second kappa shape index (κ2) is 5.72. The minimum Gasteiger partial charge on any atom is -0.324 e. The van der Waals surface area contributed by atoms with Gasteiger partial charge in [-0.2, -0.15) is 0 Å². The first kappa shape index (κ1) is 13.9. The topological polar surface area (TPSA) is 66.9 Å². The minimum absolute atomic E-state index is 0.00904. The van der Waals surface area contributed by atoms with E-state index in [9.17, 15) is 4.79 Å². The second-order valence-electron chi connectivity index (χ2n) is 4.10. The molecule has 0 bridgehead atoms. The predicted octanol–water partition coefficient (Wildman–Crippen LogP) is 2.62. The molecule has 5 nitrogen and oxygen atoms in total. The summed E-state index contributed by atoms with van der Waals surface area (Å²) in [7, 11) is 1.78. The minimum atomic E-state index is -0.256. The van der Waals surface area contributed by atoms with Crippen LogP contribution in [-0.2, 0) is 4.79 Å². The van der Waals surface area contributed by atoms with E-state index >= 15 is 0 Å². The number of likely N-dealkylation sites (N-methyl/N-ethyl adjacent to an activating group) is 1. The fraction of sp³-hybridized carbons (Fsp3) is 0.250. The number of aromatic nitrogens is 2. The van der Waals surface area contributed by atoms with Gasteiger partial charge in [0.1, 0.15) is 6.04 Å². The summed E-state index contributed by atoms with van der Waals surface area (Å²) in [6.07, 6.45) is 1.98. The molecule has 1 amide bonds. The van der Waals surface area contributed by atoms with E-state index in [1.165, 1.54) is 0 Å². The highest BCUT2D eigenvalue weighted by Crippen LogP contribution is 2.38. The molecule has 0 spiro atoms. The van der Waals surface area contributed by atoms with Crippen molar-refractivity contribution in [3.05, 3.63) is 23.8 Å². The Morgan fingerprint density at radius 1 is 1.35 bits per heavy atom. The maximum absolute atomic E-state index is 11.8. The van der Waals surface area contributed by atoms with Crippen LogP contribution in [0.1, 0.15) is 11.6 Å². The fourth-order valence-electron chi connectivity index (χ4n) is 2.01. The number of benzene rings is 1. The smallest absolute Gasteiger partial charge is 0.246 e. The number of fused-ring (bicyclic) bond motifs is 1. The lowest BCUT2D eigenvalue weighted by molar-refractivity contribution is -0.117. The third-order valence-electron chi connectivity index (χ3n) is 2.91. The van der Waals surface area contributed by atoms with Crippen LogP contribution in [0.2, 0.25) is 0 Å². The van der Waals surface area contributed by atoms with Crippen molar-refractivity contribution < 1.29 is 4.79 Å². The molecule has 0 radical (unpaired) electrons. The first-order chi connectivity index (χ1) is 9.71. The Bertz CT molecular complexity index is 658. The van der Waals surface area contributed by atoms with Crippen molar-refractivity contribution in [3.8, 4) is 0 Å². The van der Waals surface area contributed by atoms with Crippen molar-refractivity contribution in [2.45, 2.75) is 19.6 Å². The number of anilines is 1. The van der Waals surface area contributed by atoms with Crippen molar-refractivity contribution in [2.24, 2.45) is 0 Å². The van der Waals surface area contributed by atoms with E-state index in [4.69, 9.17) is 0 Å². The van der Waals surface area contributed by atoms with Crippen molar-refractivity contribution >= 4 is 46.5 Å². The number of amides is 1. The van der Waals surface area contributed by atoms with E-state index < -0.39 is 0 Å². The van der Waals surface area contributed by atoms with Gasteiger partial charge in [0, 0.05) is 16.1 Å². The lowest BCUT2D eigenvalue weighted by Crippen LogP contribution is -2.23. The van der Waals surface area contributed by atoms with Crippen LogP contribution in [-0.4, -0.2) is 29.4 Å². The van der Waals surface area contributed by atoms with Gasteiger partial charge in [0.05, 0.1) is 0 Å². The average molecular weight is 324 g/mol. The Morgan fingerprint density at radius 3 is 2.85 bits per heavy atom. The van der Waals surface area contributed by atoms with Crippen molar-refractivity contribution in [1.82, 2.24) is 15.5 Å². The van der Waals surface area contributed by atoms with Gasteiger partial charge in [-0.15, -0.1) is 10.2 Å². The Labute approximate surface area is 128 Å². The molecule has 2 heterocycles. The Kier molecular flexibility index (Phi) is 3.97. The van der Waals surface area contributed by atoms with Gasteiger partial charge in [0.2, 0.25) is 5.91 Å². The molecule has 20 heavy (non-hydrogen) atoms. The zero-order valence-corrected chi connectivity index (χ0v) is 13.3. The highest BCUT2D eigenvalue weighted by atomic mass is 32.2. The summed E-state index contributed by atoms with van der Waals surface area (Å²) < 4.78 is 1.86. The largest absolute Gasteiger partial charge is 0.324 e. The highest BCUT2D eigenvalue weighted by Gasteiger charge is 2.29. The monoisotopic (exact) mass is 324 g/mol. The molecule has 2 aromatic rings. The van der Waals surface area contributed by atoms with Gasteiger partial charge in [-0.25, -0.2) is 0 Å². The number of nitrogens with zero attached hydrogens (tertiary/aromatic N) is 2. The summed E-state index contributed by atoms with van der Waals surface area (Å²) in [6.45, 7) is 0. The van der Waals surface area contributed by atoms with Crippen LogP contribution in [0.25, 0.3) is 0 Å². The van der Waals surface area contributed by atoms with E-state index in [0.717, 1.165) is 24.8 Å². The molecular weight excluding hydrogens is 312 g/mol. The second-order valence-corrected chi connectivity index (χ2v) is 7.45. The number of nitrogens with one attached hydrogen (secondary N) is 2. The maximum Gasteiger partial charge on any atom is 0.246 e. The van der Waals surface area contributed by atoms with Crippen LogP contribution < -0.4 is 10.6 Å². The van der Waals surface area contributed by atoms with Crippen molar-refractivity contribution in [1.29, 1.82) is 0 Å². The van der Waals surface area contributed by atoms with E-state index in [-0.39, 0.29) is 11.9 Å². The van der Waals surface area contributed by atoms with E-state index in [1.54, 1.807) is 41.9 Å². The summed E-state index contributed by atoms with van der Waals surface area (Å²) >= 11 is 4.72. The van der Waals surface area contributed by atoms with Crippen LogP contribution in [0, 0.1) is 0 Å². The first-order valence-electron chi connectivity index (χ1n) is 5.88. The summed E-state index contributed by atoms with van der Waals surface area (Å²) in [4.78, 5) is 12.8. The van der Waals surface area contributed by atoms with Crippen LogP contribution in [0.5, 0.6) is 0 Å². The molecule has 1 unspecified atom stereocenters. The molecule has 0 fully saturated rings. The van der Waals surface area contributed by atoms with Crippen molar-refractivity contribution in [3.63, 3.8) is 0 Å². The molecular formula is C12H12N4OS3. The van der Waals surface area contributed by atoms with Crippen molar-refractivity contribution in [2.75, 3.05) is 18.6 Å². The van der Waals surface area contributed by atoms with Gasteiger partial charge < -0.3 is 10.6 Å². The number of rotatable bonds is 4. The average Bonchev–Trinajstić information content (AvgIpc) is 3.01. The lowest BCUT2D eigenvalue weighted by Gasteiger charge is -2.06. The third-order valence-corrected chi connectivity index (χ3v) is 5.85. The van der Waals surface area contributed by atoms with Gasteiger partial charge in [-0.05, 0) is 25.4 Å². The molecule has 0 saturated heterocycles. The number of hydrogen-bond acceptors (Lipinski definition) is 7. The first-order valence-corrected chi connectivity index (χ1v) is 8.74. The molecule has 1 aromatic carbocycles.